The molecule has 0 aliphatic carbocycles. The number of anilines is 1. The summed E-state index contributed by atoms with van der Waals surface area (Å²) in [5.41, 5.74) is 2.51. The van der Waals surface area contributed by atoms with Crippen LogP contribution in [0.2, 0.25) is 0 Å². The van der Waals surface area contributed by atoms with Gasteiger partial charge in [0.25, 0.3) is 0 Å². The topological polar surface area (TPSA) is 32.3 Å². The zero-order valence-electron chi connectivity index (χ0n) is 11.5. The SMILES string of the molecule is CCC(Nc1cc(F)ccc1C)c1cc(Br)ccc1O. The molecule has 0 bridgehead atoms. The molecule has 2 N–H and O–H groups in total. The van der Waals surface area contributed by atoms with Crippen molar-refractivity contribution in [2.24, 2.45) is 0 Å². The normalized spacial score (nSPS) is 12.2. The lowest BCUT2D eigenvalue weighted by Gasteiger charge is -2.21. The lowest BCUT2D eigenvalue weighted by atomic mass is 10.0. The molecule has 1 atom stereocenters. The Kier molecular flexibility index (Phi) is 4.65. The molecule has 0 fully saturated rings. The van der Waals surface area contributed by atoms with Gasteiger partial charge in [-0.3, -0.25) is 0 Å². The van der Waals surface area contributed by atoms with Crippen LogP contribution in [0, 0.1) is 12.7 Å². The van der Waals surface area contributed by atoms with Gasteiger partial charge < -0.3 is 10.4 Å². The van der Waals surface area contributed by atoms with E-state index in [-0.39, 0.29) is 17.6 Å². The predicted octanol–water partition coefficient (Wildman–Crippen LogP) is 5.17. The van der Waals surface area contributed by atoms with Crippen LogP contribution in [-0.2, 0) is 0 Å². The minimum Gasteiger partial charge on any atom is -0.508 e. The summed E-state index contributed by atoms with van der Waals surface area (Å²) in [5, 5.41) is 13.3. The molecule has 2 rings (SSSR count). The first kappa shape index (κ1) is 14.9. The van der Waals surface area contributed by atoms with E-state index >= 15 is 0 Å². The smallest absolute Gasteiger partial charge is 0.125 e. The molecule has 0 radical (unpaired) electrons. The fraction of sp³-hybridized carbons (Fsp3) is 0.250. The Morgan fingerprint density at radius 3 is 2.70 bits per heavy atom. The van der Waals surface area contributed by atoms with Crippen molar-refractivity contribution in [3.05, 3.63) is 57.8 Å². The van der Waals surface area contributed by atoms with E-state index in [9.17, 15) is 9.50 Å². The van der Waals surface area contributed by atoms with Gasteiger partial charge in [0.05, 0.1) is 6.04 Å². The van der Waals surface area contributed by atoms with Gasteiger partial charge in [-0.15, -0.1) is 0 Å². The second kappa shape index (κ2) is 6.27. The van der Waals surface area contributed by atoms with Crippen molar-refractivity contribution in [2.45, 2.75) is 26.3 Å². The third kappa shape index (κ3) is 3.31. The van der Waals surface area contributed by atoms with Crippen LogP contribution in [0.5, 0.6) is 5.75 Å². The van der Waals surface area contributed by atoms with Gasteiger partial charge in [-0.2, -0.15) is 0 Å². The fourth-order valence-electron chi connectivity index (χ4n) is 2.14. The summed E-state index contributed by atoms with van der Waals surface area (Å²) >= 11 is 3.41. The Balaban J connectivity index is 2.33. The second-order valence-corrected chi connectivity index (χ2v) is 5.68. The number of aryl methyl sites for hydroxylation is 1. The van der Waals surface area contributed by atoms with E-state index < -0.39 is 0 Å². The number of hydrogen-bond donors (Lipinski definition) is 2. The Labute approximate surface area is 126 Å². The van der Waals surface area contributed by atoms with Crippen LogP contribution in [0.3, 0.4) is 0 Å². The number of phenols is 1. The van der Waals surface area contributed by atoms with E-state index in [2.05, 4.69) is 21.2 Å². The molecule has 0 saturated carbocycles. The largest absolute Gasteiger partial charge is 0.508 e. The first-order chi connectivity index (χ1) is 9.51. The Bertz CT molecular complexity index is 615. The minimum atomic E-state index is -0.272. The van der Waals surface area contributed by atoms with E-state index in [1.165, 1.54) is 12.1 Å². The molecule has 0 aliphatic heterocycles. The number of hydrogen-bond acceptors (Lipinski definition) is 2. The van der Waals surface area contributed by atoms with Gasteiger partial charge in [0.1, 0.15) is 11.6 Å². The Morgan fingerprint density at radius 2 is 2.00 bits per heavy atom. The van der Waals surface area contributed by atoms with Crippen LogP contribution in [0.1, 0.15) is 30.5 Å². The molecule has 106 valence electrons. The molecule has 0 aromatic heterocycles. The van der Waals surface area contributed by atoms with E-state index in [1.54, 1.807) is 18.2 Å². The van der Waals surface area contributed by atoms with Gasteiger partial charge in [0, 0.05) is 15.7 Å². The van der Waals surface area contributed by atoms with Crippen LogP contribution in [0.25, 0.3) is 0 Å². The standard InChI is InChI=1S/C16H17BrFNO/c1-3-14(13-8-11(17)5-7-16(13)20)19-15-9-12(18)6-4-10(15)2/h4-9,14,19-20H,3H2,1-2H3. The molecule has 4 heteroatoms. The number of rotatable bonds is 4. The molecule has 2 aromatic rings. The highest BCUT2D eigenvalue weighted by molar-refractivity contribution is 9.10. The average molecular weight is 338 g/mol. The highest BCUT2D eigenvalue weighted by atomic mass is 79.9. The number of nitrogens with one attached hydrogen (secondary N) is 1. The maximum absolute atomic E-state index is 13.4. The van der Waals surface area contributed by atoms with Crippen LogP contribution >= 0.6 is 15.9 Å². The van der Waals surface area contributed by atoms with Gasteiger partial charge in [0.15, 0.2) is 0 Å². The maximum atomic E-state index is 13.4. The Morgan fingerprint density at radius 1 is 1.25 bits per heavy atom. The third-order valence-corrected chi connectivity index (χ3v) is 3.80. The molecule has 0 heterocycles. The van der Waals surface area contributed by atoms with Crippen molar-refractivity contribution in [1.82, 2.24) is 0 Å². The molecule has 0 aliphatic rings. The predicted molar refractivity (Wildman–Crippen MR) is 83.6 cm³/mol. The summed E-state index contributed by atoms with van der Waals surface area (Å²) in [6.07, 6.45) is 0.778. The Hall–Kier alpha value is -1.55. The molecule has 0 amide bonds. The zero-order valence-corrected chi connectivity index (χ0v) is 13.0. The first-order valence-electron chi connectivity index (χ1n) is 6.52. The van der Waals surface area contributed by atoms with Crippen molar-refractivity contribution < 1.29 is 9.50 Å². The summed E-state index contributed by atoms with van der Waals surface area (Å²) in [4.78, 5) is 0. The van der Waals surface area contributed by atoms with Gasteiger partial charge in [0.2, 0.25) is 0 Å². The molecule has 1 unspecified atom stereocenters. The average Bonchev–Trinajstić information content (AvgIpc) is 2.42. The summed E-state index contributed by atoms with van der Waals surface area (Å²) in [7, 11) is 0. The molecular formula is C16H17BrFNO. The summed E-state index contributed by atoms with van der Waals surface area (Å²) in [6, 6.07) is 9.91. The molecular weight excluding hydrogens is 321 g/mol. The van der Waals surface area contributed by atoms with Crippen molar-refractivity contribution in [1.29, 1.82) is 0 Å². The first-order valence-corrected chi connectivity index (χ1v) is 7.31. The maximum Gasteiger partial charge on any atom is 0.125 e. The van der Waals surface area contributed by atoms with Crippen LogP contribution in [0.4, 0.5) is 10.1 Å². The summed E-state index contributed by atoms with van der Waals surface area (Å²) in [5.74, 6) is -0.0342. The fourth-order valence-corrected chi connectivity index (χ4v) is 2.52. The van der Waals surface area contributed by atoms with Crippen molar-refractivity contribution in [2.75, 3.05) is 5.32 Å². The number of aromatic hydroxyl groups is 1. The quantitative estimate of drug-likeness (QED) is 0.806. The highest BCUT2D eigenvalue weighted by Gasteiger charge is 2.15. The molecule has 0 spiro atoms. The number of phenolic OH excluding ortho intramolecular Hbond substituents is 1. The van der Waals surface area contributed by atoms with Gasteiger partial charge in [-0.05, 0) is 49.2 Å². The minimum absolute atomic E-state index is 0.0759. The monoisotopic (exact) mass is 337 g/mol. The van der Waals surface area contributed by atoms with E-state index in [4.69, 9.17) is 0 Å². The van der Waals surface area contributed by atoms with Crippen molar-refractivity contribution in [3.8, 4) is 5.75 Å². The number of benzene rings is 2. The van der Waals surface area contributed by atoms with Crippen molar-refractivity contribution >= 4 is 21.6 Å². The van der Waals surface area contributed by atoms with E-state index in [0.29, 0.717) is 0 Å². The van der Waals surface area contributed by atoms with Gasteiger partial charge in [-0.25, -0.2) is 4.39 Å². The molecule has 20 heavy (non-hydrogen) atoms. The van der Waals surface area contributed by atoms with E-state index in [1.807, 2.05) is 19.9 Å². The zero-order chi connectivity index (χ0) is 14.7. The van der Waals surface area contributed by atoms with Crippen LogP contribution < -0.4 is 5.32 Å². The van der Waals surface area contributed by atoms with Gasteiger partial charge >= 0.3 is 0 Å². The van der Waals surface area contributed by atoms with Crippen LogP contribution in [0.15, 0.2) is 40.9 Å². The van der Waals surface area contributed by atoms with Crippen LogP contribution in [-0.4, -0.2) is 5.11 Å². The van der Waals surface area contributed by atoms with Gasteiger partial charge in [-0.1, -0.05) is 28.9 Å². The molecule has 2 nitrogen and oxygen atoms in total. The molecule has 0 saturated heterocycles. The summed E-state index contributed by atoms with van der Waals surface area (Å²) < 4.78 is 14.3. The highest BCUT2D eigenvalue weighted by Crippen LogP contribution is 2.32. The summed E-state index contributed by atoms with van der Waals surface area (Å²) in [6.45, 7) is 3.95. The van der Waals surface area contributed by atoms with E-state index in [0.717, 1.165) is 27.7 Å². The van der Waals surface area contributed by atoms with Crippen molar-refractivity contribution in [3.63, 3.8) is 0 Å². The number of halogens is 2. The second-order valence-electron chi connectivity index (χ2n) is 4.77. The third-order valence-electron chi connectivity index (χ3n) is 3.30. The lowest BCUT2D eigenvalue weighted by Crippen LogP contribution is -2.11. The lowest BCUT2D eigenvalue weighted by molar-refractivity contribution is 0.462. The molecule has 2 aromatic carbocycles.